The van der Waals surface area contributed by atoms with Gasteiger partial charge in [0.1, 0.15) is 16.1 Å². The van der Waals surface area contributed by atoms with Crippen molar-refractivity contribution in [3.63, 3.8) is 0 Å². The van der Waals surface area contributed by atoms with Gasteiger partial charge in [-0.3, -0.25) is 0 Å². The van der Waals surface area contributed by atoms with Gasteiger partial charge in [-0.05, 0) is 125 Å². The molecule has 3 heteroatoms. The first kappa shape index (κ1) is 31.9. The van der Waals surface area contributed by atoms with E-state index in [4.69, 9.17) is 0 Å². The fraction of sp³-hybridized carbons (Fsp3) is 0.0800. The van der Waals surface area contributed by atoms with E-state index in [1.165, 1.54) is 93.1 Å². The van der Waals surface area contributed by atoms with Crippen LogP contribution in [0.2, 0.25) is 26.2 Å². The van der Waals surface area contributed by atoms with Crippen molar-refractivity contribution in [2.75, 3.05) is 4.90 Å². The van der Waals surface area contributed by atoms with E-state index in [0.717, 1.165) is 0 Å². The molecule has 8 aromatic rings. The summed E-state index contributed by atoms with van der Waals surface area (Å²) in [5.74, 6) is 0. The average Bonchev–Trinajstić information content (AvgIpc) is 3.57. The molecule has 0 amide bonds. The third-order valence-electron chi connectivity index (χ3n) is 12.1. The number of rotatable bonds is 5. The first-order valence-electron chi connectivity index (χ1n) is 18.8. The minimum atomic E-state index is -1.86. The molecule has 1 nitrogen and oxygen atoms in total. The Morgan fingerprint density at radius 3 is 1.21 bits per heavy atom. The highest BCUT2D eigenvalue weighted by atomic mass is 28.3. The molecule has 0 fully saturated rings. The zero-order chi connectivity index (χ0) is 35.9. The van der Waals surface area contributed by atoms with Crippen LogP contribution in [0, 0.1) is 0 Å². The summed E-state index contributed by atoms with van der Waals surface area (Å²) in [6, 6.07) is 66.1. The number of hydrogen-bond acceptors (Lipinski definition) is 1. The van der Waals surface area contributed by atoms with E-state index < -0.39 is 16.1 Å². The van der Waals surface area contributed by atoms with Gasteiger partial charge in [0.25, 0.3) is 0 Å². The average molecular weight is 712 g/mol. The molecule has 0 bridgehead atoms. The molecule has 254 valence electrons. The van der Waals surface area contributed by atoms with Crippen LogP contribution < -0.4 is 25.6 Å². The summed E-state index contributed by atoms with van der Waals surface area (Å²) < 4.78 is 0. The number of anilines is 3. The Hall–Kier alpha value is -5.75. The van der Waals surface area contributed by atoms with E-state index >= 15 is 0 Å². The number of fused-ring (bicyclic) bond motifs is 7. The molecule has 0 spiro atoms. The van der Waals surface area contributed by atoms with E-state index in [1.807, 2.05) is 0 Å². The van der Waals surface area contributed by atoms with Crippen LogP contribution in [0.3, 0.4) is 0 Å². The summed E-state index contributed by atoms with van der Waals surface area (Å²) >= 11 is 0. The van der Waals surface area contributed by atoms with Crippen molar-refractivity contribution < 1.29 is 0 Å². The number of hydrogen-bond donors (Lipinski definition) is 0. The molecular formula is C50H41NSi2. The molecule has 0 radical (unpaired) electrons. The second-order valence-electron chi connectivity index (χ2n) is 15.8. The molecule has 0 atom stereocenters. The largest absolute Gasteiger partial charge is 0.311 e. The van der Waals surface area contributed by atoms with E-state index in [1.54, 1.807) is 0 Å². The van der Waals surface area contributed by atoms with Crippen LogP contribution in [0.4, 0.5) is 17.1 Å². The molecule has 0 N–H and O–H groups in total. The molecule has 0 saturated carbocycles. The first-order chi connectivity index (χ1) is 25.8. The van der Waals surface area contributed by atoms with Gasteiger partial charge in [0, 0.05) is 17.1 Å². The van der Waals surface area contributed by atoms with Crippen LogP contribution in [0.15, 0.2) is 176 Å². The van der Waals surface area contributed by atoms with Gasteiger partial charge in [-0.25, -0.2) is 0 Å². The monoisotopic (exact) mass is 711 g/mol. The Bertz CT molecular complexity index is 2620. The van der Waals surface area contributed by atoms with Crippen molar-refractivity contribution in [1.82, 2.24) is 0 Å². The summed E-state index contributed by atoms with van der Waals surface area (Å²) in [7, 11) is -3.72. The second-order valence-corrected chi connectivity index (χ2v) is 24.5. The van der Waals surface area contributed by atoms with E-state index in [0.29, 0.717) is 0 Å². The van der Waals surface area contributed by atoms with Crippen molar-refractivity contribution >= 4 is 64.7 Å². The van der Waals surface area contributed by atoms with Crippen molar-refractivity contribution in [3.8, 4) is 44.5 Å². The molecule has 0 aliphatic carbocycles. The quantitative estimate of drug-likeness (QED) is 0.161. The summed E-state index contributed by atoms with van der Waals surface area (Å²) in [6.07, 6.45) is 0. The molecule has 0 unspecified atom stereocenters. The molecule has 2 aliphatic rings. The maximum atomic E-state index is 2.51. The highest BCUT2D eigenvalue weighted by molar-refractivity contribution is 7.04. The molecule has 0 saturated heterocycles. The molecule has 53 heavy (non-hydrogen) atoms. The second kappa shape index (κ2) is 11.9. The minimum Gasteiger partial charge on any atom is -0.311 e. The van der Waals surface area contributed by atoms with Gasteiger partial charge in [-0.2, -0.15) is 0 Å². The molecule has 10 rings (SSSR count). The predicted octanol–water partition coefficient (Wildman–Crippen LogP) is 11.2. The van der Waals surface area contributed by atoms with Gasteiger partial charge in [0.05, 0.1) is 0 Å². The van der Waals surface area contributed by atoms with E-state index in [9.17, 15) is 0 Å². The lowest BCUT2D eigenvalue weighted by molar-refractivity contribution is 1.29. The summed E-state index contributed by atoms with van der Waals surface area (Å²) in [5, 5.41) is 8.63. The van der Waals surface area contributed by atoms with Gasteiger partial charge in [-0.1, -0.05) is 154 Å². The number of nitrogens with zero attached hydrogens (tertiary/aromatic N) is 1. The lowest BCUT2D eigenvalue weighted by atomic mass is 9.97. The minimum absolute atomic E-state index is 1.17. The first-order valence-corrected chi connectivity index (χ1v) is 24.8. The molecule has 2 heterocycles. The normalized spacial score (nSPS) is 14.3. The van der Waals surface area contributed by atoms with Gasteiger partial charge < -0.3 is 4.90 Å². The van der Waals surface area contributed by atoms with E-state index in [-0.39, 0.29) is 0 Å². The Morgan fingerprint density at radius 2 is 0.698 bits per heavy atom. The highest BCUT2D eigenvalue weighted by Crippen LogP contribution is 2.40. The Balaban J connectivity index is 1.07. The van der Waals surface area contributed by atoms with Crippen molar-refractivity contribution in [2.24, 2.45) is 0 Å². The molecular weight excluding hydrogens is 671 g/mol. The van der Waals surface area contributed by atoms with Gasteiger partial charge in [0.2, 0.25) is 0 Å². The van der Waals surface area contributed by atoms with Gasteiger partial charge in [-0.15, -0.1) is 0 Å². The topological polar surface area (TPSA) is 3.24 Å². The SMILES string of the molecule is C[Si]1(C)c2ccccc2-c2ccc(N(c3ccc(-c4ccc5cc(-c6ccccc6)ccc5c4)cc3)c3ccc4c(c3)[Si](C)(C)c3ccccc3-4)cc21. The number of benzene rings is 8. The van der Waals surface area contributed by atoms with Crippen LogP contribution in [0.1, 0.15) is 0 Å². The van der Waals surface area contributed by atoms with Gasteiger partial charge >= 0.3 is 0 Å². The lowest BCUT2D eigenvalue weighted by Gasteiger charge is -2.29. The maximum Gasteiger partial charge on any atom is 0.113 e. The summed E-state index contributed by atoms with van der Waals surface area (Å²) in [6.45, 7) is 10.0. The lowest BCUT2D eigenvalue weighted by Crippen LogP contribution is -2.49. The maximum absolute atomic E-state index is 2.51. The Morgan fingerprint density at radius 1 is 0.302 bits per heavy atom. The fourth-order valence-corrected chi connectivity index (χ4v) is 15.3. The molecule has 2 aliphatic heterocycles. The van der Waals surface area contributed by atoms with Crippen LogP contribution in [-0.4, -0.2) is 16.1 Å². The zero-order valence-corrected chi connectivity index (χ0v) is 32.7. The van der Waals surface area contributed by atoms with Crippen LogP contribution >= 0.6 is 0 Å². The Kier molecular flexibility index (Phi) is 7.17. The third-order valence-corrected chi connectivity index (χ3v) is 19.1. The van der Waals surface area contributed by atoms with Gasteiger partial charge in [0.15, 0.2) is 0 Å². The Labute approximate surface area is 314 Å². The van der Waals surface area contributed by atoms with Crippen molar-refractivity contribution in [3.05, 3.63) is 176 Å². The zero-order valence-electron chi connectivity index (χ0n) is 30.7. The fourth-order valence-electron chi connectivity index (χ4n) is 9.15. The predicted molar refractivity (Wildman–Crippen MR) is 234 cm³/mol. The van der Waals surface area contributed by atoms with Crippen molar-refractivity contribution in [1.29, 1.82) is 0 Å². The summed E-state index contributed by atoms with van der Waals surface area (Å²) in [4.78, 5) is 2.50. The van der Waals surface area contributed by atoms with Crippen LogP contribution in [-0.2, 0) is 0 Å². The third kappa shape index (κ3) is 5.03. The molecule has 8 aromatic carbocycles. The highest BCUT2D eigenvalue weighted by Gasteiger charge is 2.39. The van der Waals surface area contributed by atoms with Crippen LogP contribution in [0.5, 0.6) is 0 Å². The smallest absolute Gasteiger partial charge is 0.113 e. The molecule has 0 aromatic heterocycles. The summed E-state index contributed by atoms with van der Waals surface area (Å²) in [5.41, 5.74) is 14.2. The van der Waals surface area contributed by atoms with Crippen LogP contribution in [0.25, 0.3) is 55.3 Å². The van der Waals surface area contributed by atoms with E-state index in [2.05, 4.69) is 207 Å². The van der Waals surface area contributed by atoms with Crippen molar-refractivity contribution in [2.45, 2.75) is 26.2 Å². The standard InChI is InChI=1S/C50H41NSi2/c1-52(2)47-16-10-8-14-43(47)45-28-26-41(32-49(45)52)51(42-27-29-46-44-15-9-11-17-48(44)53(3,4)50(46)33-42)40-24-22-35(23-25-40)37-19-21-38-30-36(18-20-39(38)31-37)34-12-6-5-7-13-34/h5-33H,1-4H3.